The van der Waals surface area contributed by atoms with Crippen LogP contribution in [0, 0.1) is 5.92 Å². The topological polar surface area (TPSA) is 151 Å². The quantitative estimate of drug-likeness (QED) is 0.130. The number of ether oxygens (including phenoxy) is 1. The molecule has 1 fully saturated rings. The summed E-state index contributed by atoms with van der Waals surface area (Å²) in [7, 11) is -2.62. The van der Waals surface area contributed by atoms with E-state index < -0.39 is 39.7 Å². The van der Waals surface area contributed by atoms with E-state index in [-0.39, 0.29) is 29.9 Å². The highest BCUT2D eigenvalue weighted by Crippen LogP contribution is 2.36. The molecule has 0 radical (unpaired) electrons. The monoisotopic (exact) mass is 692 g/mol. The maximum absolute atomic E-state index is 14.3. The van der Waals surface area contributed by atoms with Crippen molar-refractivity contribution in [3.63, 3.8) is 0 Å². The number of amides is 2. The van der Waals surface area contributed by atoms with Gasteiger partial charge in [0.1, 0.15) is 6.04 Å². The van der Waals surface area contributed by atoms with Crippen LogP contribution in [-0.4, -0.2) is 67.7 Å². The third-order valence-electron chi connectivity index (χ3n) is 9.57. The van der Waals surface area contributed by atoms with Crippen LogP contribution in [-0.2, 0) is 19.6 Å². The summed E-state index contributed by atoms with van der Waals surface area (Å²) in [5, 5.41) is 16.7. The summed E-state index contributed by atoms with van der Waals surface area (Å²) in [4.78, 5) is 27.1. The standard InChI is InChI=1S/C38H52N4O6S/c1-28(2)22-26-42(49(46,47)33-20-18-31(39)19-21-33)32(27-43)17-12-25-38(23-10-11-24-38)41-36(44)35(40-37(45)48-3)34(29-13-6-4-7-14-29)30-15-8-5-9-16-30/h4-9,13-16,18-21,28,32,34-35,43H,10-12,17,22-27,39H2,1-3H3,(H,40,45)(H,41,44)/t32?,35-/m0/s1. The number of hydrogen-bond acceptors (Lipinski definition) is 7. The van der Waals surface area contributed by atoms with Crippen LogP contribution < -0.4 is 16.4 Å². The van der Waals surface area contributed by atoms with Gasteiger partial charge in [-0.3, -0.25) is 4.79 Å². The van der Waals surface area contributed by atoms with Gasteiger partial charge in [0.2, 0.25) is 15.9 Å². The molecule has 0 saturated heterocycles. The Balaban J connectivity index is 1.56. The first-order chi connectivity index (χ1) is 23.5. The molecule has 1 saturated carbocycles. The lowest BCUT2D eigenvalue weighted by molar-refractivity contribution is -0.125. The minimum atomic E-state index is -3.90. The number of alkyl carbamates (subject to hydrolysis) is 1. The van der Waals surface area contributed by atoms with Gasteiger partial charge in [-0.1, -0.05) is 87.4 Å². The first-order valence-corrected chi connectivity index (χ1v) is 18.7. The predicted molar refractivity (Wildman–Crippen MR) is 192 cm³/mol. The fraction of sp³-hybridized carbons (Fsp3) is 0.474. The number of aliphatic hydroxyl groups is 1. The molecule has 11 heteroatoms. The Bertz CT molecular complexity index is 1540. The van der Waals surface area contributed by atoms with Crippen molar-refractivity contribution < 1.29 is 27.9 Å². The van der Waals surface area contributed by atoms with Crippen molar-refractivity contribution >= 4 is 27.7 Å². The van der Waals surface area contributed by atoms with Crippen LogP contribution in [0.1, 0.15) is 82.3 Å². The molecule has 1 aliphatic carbocycles. The van der Waals surface area contributed by atoms with Gasteiger partial charge in [-0.05, 0) is 79.8 Å². The molecule has 1 unspecified atom stereocenters. The fourth-order valence-corrected chi connectivity index (χ4v) is 8.54. The summed E-state index contributed by atoms with van der Waals surface area (Å²) in [6.45, 7) is 4.03. The zero-order chi connectivity index (χ0) is 35.4. The maximum atomic E-state index is 14.3. The number of methoxy groups -OCH3 is 1. The van der Waals surface area contributed by atoms with E-state index in [1.807, 2.05) is 74.5 Å². The molecule has 2 amide bonds. The van der Waals surface area contributed by atoms with E-state index in [1.165, 1.54) is 23.5 Å². The van der Waals surface area contributed by atoms with Crippen molar-refractivity contribution in [2.24, 2.45) is 5.92 Å². The second kappa shape index (κ2) is 17.6. The van der Waals surface area contributed by atoms with Gasteiger partial charge in [0.15, 0.2) is 0 Å². The van der Waals surface area contributed by atoms with Crippen LogP contribution in [0.3, 0.4) is 0 Å². The van der Waals surface area contributed by atoms with Gasteiger partial charge in [-0.15, -0.1) is 0 Å². The zero-order valence-electron chi connectivity index (χ0n) is 28.9. The Morgan fingerprint density at radius 3 is 2.00 bits per heavy atom. The second-order valence-corrected chi connectivity index (χ2v) is 15.4. The first-order valence-electron chi connectivity index (χ1n) is 17.2. The first kappa shape index (κ1) is 37.9. The molecule has 49 heavy (non-hydrogen) atoms. The number of aliphatic hydroxyl groups excluding tert-OH is 1. The lowest BCUT2D eigenvalue weighted by Gasteiger charge is -2.36. The van der Waals surface area contributed by atoms with E-state index in [9.17, 15) is 23.1 Å². The van der Waals surface area contributed by atoms with Gasteiger partial charge in [0.25, 0.3) is 0 Å². The van der Waals surface area contributed by atoms with Crippen LogP contribution in [0.5, 0.6) is 0 Å². The average molecular weight is 693 g/mol. The molecule has 5 N–H and O–H groups in total. The van der Waals surface area contributed by atoms with Crippen molar-refractivity contribution in [2.75, 3.05) is 26.0 Å². The number of sulfonamides is 1. The van der Waals surface area contributed by atoms with Gasteiger partial charge in [-0.25, -0.2) is 13.2 Å². The Morgan fingerprint density at radius 2 is 1.49 bits per heavy atom. The number of carbonyl (C=O) groups is 2. The summed E-state index contributed by atoms with van der Waals surface area (Å²) >= 11 is 0. The SMILES string of the molecule is COC(=O)N[C@H](C(=O)NC1(CCCC(CO)N(CCC(C)C)S(=O)(=O)c2ccc(N)cc2)CCCC1)C(c1ccccc1)c1ccccc1. The largest absolute Gasteiger partial charge is 0.453 e. The number of hydrogen-bond donors (Lipinski definition) is 4. The van der Waals surface area contributed by atoms with E-state index in [1.54, 1.807) is 12.1 Å². The molecule has 3 aromatic rings. The molecular formula is C38H52N4O6S. The number of carbonyl (C=O) groups excluding carboxylic acids is 2. The molecule has 0 aromatic heterocycles. The molecule has 0 spiro atoms. The Kier molecular flexibility index (Phi) is 13.6. The highest BCUT2D eigenvalue weighted by atomic mass is 32.2. The number of anilines is 1. The van der Waals surface area contributed by atoms with Gasteiger partial charge in [-0.2, -0.15) is 4.31 Å². The van der Waals surface area contributed by atoms with Crippen molar-refractivity contribution in [1.82, 2.24) is 14.9 Å². The van der Waals surface area contributed by atoms with Crippen molar-refractivity contribution in [1.29, 1.82) is 0 Å². The summed E-state index contributed by atoms with van der Waals surface area (Å²) in [5.74, 6) is -0.525. The van der Waals surface area contributed by atoms with Crippen molar-refractivity contribution in [2.45, 2.75) is 93.7 Å². The highest BCUT2D eigenvalue weighted by molar-refractivity contribution is 7.89. The van der Waals surface area contributed by atoms with Crippen LogP contribution >= 0.6 is 0 Å². The van der Waals surface area contributed by atoms with Gasteiger partial charge >= 0.3 is 6.09 Å². The highest BCUT2D eigenvalue weighted by Gasteiger charge is 2.40. The summed E-state index contributed by atoms with van der Waals surface area (Å²) in [6, 6.07) is 23.8. The average Bonchev–Trinajstić information content (AvgIpc) is 3.56. The third kappa shape index (κ3) is 10.1. The van der Waals surface area contributed by atoms with E-state index >= 15 is 0 Å². The number of rotatable bonds is 17. The zero-order valence-corrected chi connectivity index (χ0v) is 29.7. The van der Waals surface area contributed by atoms with Gasteiger partial charge in [0, 0.05) is 29.7 Å². The van der Waals surface area contributed by atoms with Crippen LogP contribution in [0.25, 0.3) is 0 Å². The van der Waals surface area contributed by atoms with Crippen LogP contribution in [0.2, 0.25) is 0 Å². The lowest BCUT2D eigenvalue weighted by Crippen LogP contribution is -2.56. The fourth-order valence-electron chi connectivity index (χ4n) is 6.87. The maximum Gasteiger partial charge on any atom is 0.407 e. The minimum absolute atomic E-state index is 0.138. The summed E-state index contributed by atoms with van der Waals surface area (Å²) < 4.78 is 34.1. The van der Waals surface area contributed by atoms with Crippen molar-refractivity contribution in [3.05, 3.63) is 96.1 Å². The summed E-state index contributed by atoms with van der Waals surface area (Å²) in [6.07, 6.45) is 4.93. The number of nitrogen functional groups attached to an aromatic ring is 1. The number of nitrogens with zero attached hydrogens (tertiary/aromatic N) is 1. The van der Waals surface area contributed by atoms with Crippen LogP contribution in [0.4, 0.5) is 10.5 Å². The van der Waals surface area contributed by atoms with E-state index in [0.717, 1.165) is 36.8 Å². The molecule has 266 valence electrons. The molecular weight excluding hydrogens is 641 g/mol. The second-order valence-electron chi connectivity index (χ2n) is 13.5. The van der Waals surface area contributed by atoms with E-state index in [2.05, 4.69) is 10.6 Å². The van der Waals surface area contributed by atoms with E-state index in [0.29, 0.717) is 31.4 Å². The molecule has 0 aliphatic heterocycles. The number of nitrogens with two attached hydrogens (primary N) is 1. The van der Waals surface area contributed by atoms with Crippen molar-refractivity contribution in [3.8, 4) is 0 Å². The molecule has 2 atom stereocenters. The smallest absolute Gasteiger partial charge is 0.407 e. The number of nitrogens with one attached hydrogen (secondary N) is 2. The molecule has 1 aliphatic rings. The Morgan fingerprint density at radius 1 is 0.918 bits per heavy atom. The predicted octanol–water partition coefficient (Wildman–Crippen LogP) is 5.82. The van der Waals surface area contributed by atoms with E-state index in [4.69, 9.17) is 10.5 Å². The normalized spacial score (nSPS) is 15.7. The Hall–Kier alpha value is -3.93. The number of benzene rings is 3. The molecule has 4 rings (SSSR count). The third-order valence-corrected chi connectivity index (χ3v) is 11.5. The lowest BCUT2D eigenvalue weighted by atomic mass is 9.83. The van der Waals surface area contributed by atoms with Gasteiger partial charge < -0.3 is 26.2 Å². The van der Waals surface area contributed by atoms with Gasteiger partial charge in [0.05, 0.1) is 18.6 Å². The molecule has 0 heterocycles. The molecule has 0 bridgehead atoms. The molecule has 10 nitrogen and oxygen atoms in total. The summed E-state index contributed by atoms with van der Waals surface area (Å²) in [5.41, 5.74) is 7.51. The van der Waals surface area contributed by atoms with Crippen LogP contribution in [0.15, 0.2) is 89.8 Å². The minimum Gasteiger partial charge on any atom is -0.453 e. The Labute approximate surface area is 291 Å². The molecule has 3 aromatic carbocycles.